The molecule has 2 heterocycles. The van der Waals surface area contributed by atoms with E-state index in [2.05, 4.69) is 20.9 Å². The number of hydrogen-bond acceptors (Lipinski definition) is 3. The first-order valence-corrected chi connectivity index (χ1v) is 8.63. The molecule has 1 fully saturated rings. The molecule has 1 aromatic carbocycles. The quantitative estimate of drug-likeness (QED) is 0.783. The summed E-state index contributed by atoms with van der Waals surface area (Å²) in [6.07, 6.45) is 3.32. The molecule has 0 radical (unpaired) electrons. The van der Waals surface area contributed by atoms with Gasteiger partial charge in [0.25, 0.3) is 5.91 Å². The van der Waals surface area contributed by atoms with Crippen LogP contribution in [0.5, 0.6) is 5.88 Å². The molecule has 1 aliphatic rings. The molecule has 1 amide bonds. The Morgan fingerprint density at radius 1 is 1.22 bits per heavy atom. The molecule has 1 saturated heterocycles. The van der Waals surface area contributed by atoms with Gasteiger partial charge in [-0.15, -0.1) is 0 Å². The number of halogens is 2. The number of benzene rings is 1. The summed E-state index contributed by atoms with van der Waals surface area (Å²) in [6, 6.07) is 10.9. The minimum Gasteiger partial charge on any atom is -0.473 e. The molecule has 4 nitrogen and oxygen atoms in total. The SMILES string of the molecule is O=C(c1ccccc1Cl)N1CCC(Oc2ncccc2Br)CC1. The molecule has 1 aromatic heterocycles. The van der Waals surface area contributed by atoms with Crippen molar-refractivity contribution in [3.05, 3.63) is 57.7 Å². The Kier molecular flexibility index (Phi) is 5.18. The Balaban J connectivity index is 1.59. The van der Waals surface area contributed by atoms with Crippen LogP contribution in [-0.4, -0.2) is 35.0 Å². The second-order valence-corrected chi connectivity index (χ2v) is 6.64. The van der Waals surface area contributed by atoms with Crippen molar-refractivity contribution in [1.29, 1.82) is 0 Å². The van der Waals surface area contributed by atoms with Crippen LogP contribution in [-0.2, 0) is 0 Å². The van der Waals surface area contributed by atoms with Crippen LogP contribution < -0.4 is 4.74 Å². The summed E-state index contributed by atoms with van der Waals surface area (Å²) in [6.45, 7) is 1.30. The van der Waals surface area contributed by atoms with Gasteiger partial charge in [-0.25, -0.2) is 4.98 Å². The highest BCUT2D eigenvalue weighted by atomic mass is 79.9. The molecule has 0 N–H and O–H groups in total. The summed E-state index contributed by atoms with van der Waals surface area (Å²) in [4.78, 5) is 18.6. The third kappa shape index (κ3) is 3.85. The zero-order valence-corrected chi connectivity index (χ0v) is 14.8. The lowest BCUT2D eigenvalue weighted by atomic mass is 10.1. The molecule has 1 aliphatic heterocycles. The highest BCUT2D eigenvalue weighted by Gasteiger charge is 2.26. The van der Waals surface area contributed by atoms with Gasteiger partial charge in [0.1, 0.15) is 6.10 Å². The van der Waals surface area contributed by atoms with Crippen molar-refractivity contribution in [3.8, 4) is 5.88 Å². The van der Waals surface area contributed by atoms with Gasteiger partial charge >= 0.3 is 0 Å². The first-order chi connectivity index (χ1) is 11.1. The summed E-state index contributed by atoms with van der Waals surface area (Å²) in [5.41, 5.74) is 0.556. The Bertz CT molecular complexity index is 702. The maximum atomic E-state index is 12.5. The second kappa shape index (κ2) is 7.32. The summed E-state index contributed by atoms with van der Waals surface area (Å²) in [5.74, 6) is 0.580. The van der Waals surface area contributed by atoms with E-state index in [1.165, 1.54) is 0 Å². The van der Waals surface area contributed by atoms with E-state index in [1.807, 2.05) is 29.2 Å². The van der Waals surface area contributed by atoms with E-state index in [0.29, 0.717) is 29.6 Å². The fourth-order valence-corrected chi connectivity index (χ4v) is 3.16. The van der Waals surface area contributed by atoms with Crippen molar-refractivity contribution in [2.75, 3.05) is 13.1 Å². The van der Waals surface area contributed by atoms with Crippen molar-refractivity contribution in [3.63, 3.8) is 0 Å². The van der Waals surface area contributed by atoms with E-state index in [9.17, 15) is 4.79 Å². The average molecular weight is 396 g/mol. The maximum absolute atomic E-state index is 12.5. The van der Waals surface area contributed by atoms with E-state index < -0.39 is 0 Å². The number of ether oxygens (including phenoxy) is 1. The van der Waals surface area contributed by atoms with Gasteiger partial charge in [-0.1, -0.05) is 23.7 Å². The lowest BCUT2D eigenvalue weighted by molar-refractivity contribution is 0.0586. The van der Waals surface area contributed by atoms with Gasteiger partial charge in [-0.3, -0.25) is 4.79 Å². The Morgan fingerprint density at radius 3 is 2.65 bits per heavy atom. The van der Waals surface area contributed by atoms with E-state index in [-0.39, 0.29) is 12.0 Å². The number of carbonyl (C=O) groups is 1. The highest BCUT2D eigenvalue weighted by molar-refractivity contribution is 9.10. The van der Waals surface area contributed by atoms with Crippen molar-refractivity contribution in [2.45, 2.75) is 18.9 Å². The molecule has 23 heavy (non-hydrogen) atoms. The van der Waals surface area contributed by atoms with Gasteiger partial charge in [0, 0.05) is 32.1 Å². The summed E-state index contributed by atoms with van der Waals surface area (Å²) in [7, 11) is 0. The highest BCUT2D eigenvalue weighted by Crippen LogP contribution is 2.26. The first-order valence-electron chi connectivity index (χ1n) is 7.46. The number of amides is 1. The summed E-state index contributed by atoms with van der Waals surface area (Å²) >= 11 is 9.54. The number of pyridine rings is 1. The molecule has 120 valence electrons. The Labute approximate surface area is 148 Å². The van der Waals surface area contributed by atoms with Crippen LogP contribution in [0, 0.1) is 0 Å². The van der Waals surface area contributed by atoms with Crippen molar-refractivity contribution >= 4 is 33.4 Å². The Hall–Kier alpha value is -1.59. The maximum Gasteiger partial charge on any atom is 0.255 e. The molecule has 2 aromatic rings. The van der Waals surface area contributed by atoms with Crippen molar-refractivity contribution < 1.29 is 9.53 Å². The zero-order chi connectivity index (χ0) is 16.2. The first kappa shape index (κ1) is 16.3. The van der Waals surface area contributed by atoms with Crippen LogP contribution in [0.15, 0.2) is 47.1 Å². The molecule has 0 unspecified atom stereocenters. The molecule has 0 atom stereocenters. The lowest BCUT2D eigenvalue weighted by Gasteiger charge is -2.32. The predicted molar refractivity (Wildman–Crippen MR) is 92.9 cm³/mol. The average Bonchev–Trinajstić information content (AvgIpc) is 2.57. The molecule has 0 spiro atoms. The van der Waals surface area contributed by atoms with Gasteiger partial charge in [0.05, 0.1) is 15.1 Å². The molecule has 0 aliphatic carbocycles. The Morgan fingerprint density at radius 2 is 1.96 bits per heavy atom. The van der Waals surface area contributed by atoms with E-state index in [1.54, 1.807) is 18.3 Å². The fraction of sp³-hybridized carbons (Fsp3) is 0.294. The third-order valence-corrected chi connectivity index (χ3v) is 4.77. The number of hydrogen-bond donors (Lipinski definition) is 0. The molecule has 0 saturated carbocycles. The topological polar surface area (TPSA) is 42.4 Å². The van der Waals surface area contributed by atoms with E-state index >= 15 is 0 Å². The van der Waals surface area contributed by atoms with Crippen LogP contribution in [0.25, 0.3) is 0 Å². The zero-order valence-electron chi connectivity index (χ0n) is 12.4. The largest absolute Gasteiger partial charge is 0.473 e. The number of piperidine rings is 1. The van der Waals surface area contributed by atoms with Gasteiger partial charge in [-0.2, -0.15) is 0 Å². The molecular formula is C17H16BrClN2O2. The number of carbonyl (C=O) groups excluding carboxylic acids is 1. The molecule has 3 rings (SSSR count). The van der Waals surface area contributed by atoms with E-state index in [0.717, 1.165) is 17.3 Å². The van der Waals surface area contributed by atoms with Gasteiger partial charge in [0.2, 0.25) is 5.88 Å². The normalized spacial score (nSPS) is 15.5. The standard InChI is InChI=1S/C17H16BrClN2O2/c18-14-5-3-9-20-16(14)23-12-7-10-21(11-8-12)17(22)13-4-1-2-6-15(13)19/h1-6,9,12H,7-8,10-11H2. The van der Waals surface area contributed by atoms with Crippen LogP contribution in [0.1, 0.15) is 23.2 Å². The second-order valence-electron chi connectivity index (χ2n) is 5.38. The monoisotopic (exact) mass is 394 g/mol. The van der Waals surface area contributed by atoms with Crippen LogP contribution in [0.4, 0.5) is 0 Å². The number of nitrogens with zero attached hydrogens (tertiary/aromatic N) is 2. The summed E-state index contributed by atoms with van der Waals surface area (Å²) in [5, 5.41) is 0.494. The smallest absolute Gasteiger partial charge is 0.255 e. The van der Waals surface area contributed by atoms with Crippen LogP contribution in [0.3, 0.4) is 0 Å². The lowest BCUT2D eigenvalue weighted by Crippen LogP contribution is -2.42. The minimum atomic E-state index is -0.0203. The minimum absolute atomic E-state index is 0.0203. The third-order valence-electron chi connectivity index (χ3n) is 3.84. The number of aromatic nitrogens is 1. The van der Waals surface area contributed by atoms with Gasteiger partial charge in [-0.05, 0) is 40.2 Å². The summed E-state index contributed by atoms with van der Waals surface area (Å²) < 4.78 is 6.76. The van der Waals surface area contributed by atoms with Crippen LogP contribution in [0.2, 0.25) is 5.02 Å². The van der Waals surface area contributed by atoms with Gasteiger partial charge in [0.15, 0.2) is 0 Å². The molecular weight excluding hydrogens is 380 g/mol. The number of likely N-dealkylation sites (tertiary alicyclic amines) is 1. The van der Waals surface area contributed by atoms with E-state index in [4.69, 9.17) is 16.3 Å². The van der Waals surface area contributed by atoms with Crippen LogP contribution >= 0.6 is 27.5 Å². The number of rotatable bonds is 3. The predicted octanol–water partition coefficient (Wildman–Crippen LogP) is 4.18. The molecule has 6 heteroatoms. The van der Waals surface area contributed by atoms with Crippen molar-refractivity contribution in [2.24, 2.45) is 0 Å². The fourth-order valence-electron chi connectivity index (χ4n) is 2.60. The van der Waals surface area contributed by atoms with Crippen molar-refractivity contribution in [1.82, 2.24) is 9.88 Å². The molecule has 0 bridgehead atoms. The van der Waals surface area contributed by atoms with Gasteiger partial charge < -0.3 is 9.64 Å².